The number of thiol groups is 1. The van der Waals surface area contributed by atoms with Crippen molar-refractivity contribution in [1.82, 2.24) is 20.9 Å². The number of primary amides is 1. The number of nitrogens with one attached hydrogen (secondary N) is 4. The molecule has 13 heteroatoms. The van der Waals surface area contributed by atoms with Crippen LogP contribution in [0.15, 0.2) is 30.5 Å². The van der Waals surface area contributed by atoms with Crippen molar-refractivity contribution >= 4 is 53.1 Å². The van der Waals surface area contributed by atoms with Crippen molar-refractivity contribution in [3.05, 3.63) is 36.0 Å². The molecule has 1 heterocycles. The number of aromatic amines is 1. The Labute approximate surface area is 226 Å². The second-order valence-electron chi connectivity index (χ2n) is 9.51. The Kier molecular flexibility index (Phi) is 11.6. The second kappa shape index (κ2) is 14.4. The van der Waals surface area contributed by atoms with E-state index in [0.717, 1.165) is 16.5 Å². The highest BCUT2D eigenvalue weighted by molar-refractivity contribution is 7.80. The molecule has 4 atom stereocenters. The predicted octanol–water partition coefficient (Wildman–Crippen LogP) is -0.182. The van der Waals surface area contributed by atoms with E-state index in [1.54, 1.807) is 6.20 Å². The van der Waals surface area contributed by atoms with Crippen LogP contribution in [0.5, 0.6) is 0 Å². The molecule has 208 valence electrons. The molecule has 1 aromatic carbocycles. The fourth-order valence-electron chi connectivity index (χ4n) is 3.88. The maximum Gasteiger partial charge on any atom is 0.326 e. The van der Waals surface area contributed by atoms with E-state index in [1.807, 2.05) is 38.1 Å². The number of H-pyrrole nitrogens is 1. The zero-order chi connectivity index (χ0) is 28.4. The van der Waals surface area contributed by atoms with Crippen LogP contribution < -0.4 is 27.4 Å². The molecule has 0 saturated heterocycles. The van der Waals surface area contributed by atoms with E-state index in [0.29, 0.717) is 0 Å². The first-order valence-electron chi connectivity index (χ1n) is 12.3. The molecule has 0 saturated carbocycles. The predicted molar refractivity (Wildman–Crippen MR) is 145 cm³/mol. The number of carboxylic acids is 1. The number of fused-ring (bicyclic) bond motifs is 1. The standard InChI is InChI=1S/C25H36N6O6S/c1-13(2)9-19(23(34)29-18(25(36)37)7-8-21(27)32)31-24(35)20(30-22(33)16(26)12-38)10-14-11-28-17-6-4-3-5-15(14)17/h3-6,11,13,16,18-20,28,38H,7-10,12,26H2,1-2H3,(H2,27,32)(H,29,34)(H,30,33)(H,31,35)(H,36,37). The van der Waals surface area contributed by atoms with Gasteiger partial charge in [-0.1, -0.05) is 32.0 Å². The van der Waals surface area contributed by atoms with Gasteiger partial charge in [0.25, 0.3) is 0 Å². The van der Waals surface area contributed by atoms with Crippen molar-refractivity contribution in [3.63, 3.8) is 0 Å². The van der Waals surface area contributed by atoms with Gasteiger partial charge in [0.2, 0.25) is 23.6 Å². The number of carbonyl (C=O) groups excluding carboxylic acids is 4. The Balaban J connectivity index is 2.27. The monoisotopic (exact) mass is 548 g/mol. The van der Waals surface area contributed by atoms with E-state index in [-0.39, 0.29) is 37.4 Å². The van der Waals surface area contributed by atoms with Crippen molar-refractivity contribution in [2.24, 2.45) is 17.4 Å². The summed E-state index contributed by atoms with van der Waals surface area (Å²) in [5.41, 5.74) is 12.5. The van der Waals surface area contributed by atoms with E-state index < -0.39 is 53.8 Å². The summed E-state index contributed by atoms with van der Waals surface area (Å²) >= 11 is 4.04. The Bertz CT molecular complexity index is 1150. The van der Waals surface area contributed by atoms with Crippen LogP contribution >= 0.6 is 12.6 Å². The summed E-state index contributed by atoms with van der Waals surface area (Å²) in [4.78, 5) is 64.8. The first-order chi connectivity index (χ1) is 17.9. The molecular weight excluding hydrogens is 512 g/mol. The number of benzene rings is 1. The molecule has 0 bridgehead atoms. The number of hydrogen-bond acceptors (Lipinski definition) is 7. The Morgan fingerprint density at radius 2 is 1.58 bits per heavy atom. The number of aromatic nitrogens is 1. The molecule has 0 aliphatic rings. The molecule has 38 heavy (non-hydrogen) atoms. The zero-order valence-electron chi connectivity index (χ0n) is 21.4. The third-order valence-corrected chi connectivity index (χ3v) is 6.29. The van der Waals surface area contributed by atoms with E-state index in [1.165, 1.54) is 0 Å². The molecule has 4 amide bonds. The Hall–Kier alpha value is -3.58. The minimum atomic E-state index is -1.36. The largest absolute Gasteiger partial charge is 0.480 e. The van der Waals surface area contributed by atoms with Crippen molar-refractivity contribution < 1.29 is 29.1 Å². The zero-order valence-corrected chi connectivity index (χ0v) is 22.3. The lowest BCUT2D eigenvalue weighted by molar-refractivity contribution is -0.142. The van der Waals surface area contributed by atoms with Crippen LogP contribution in [0.4, 0.5) is 0 Å². The summed E-state index contributed by atoms with van der Waals surface area (Å²) in [6.07, 6.45) is 1.61. The van der Waals surface area contributed by atoms with E-state index in [9.17, 15) is 29.1 Å². The van der Waals surface area contributed by atoms with Crippen molar-refractivity contribution in [2.45, 2.75) is 63.7 Å². The average Bonchev–Trinajstić information content (AvgIpc) is 3.27. The van der Waals surface area contributed by atoms with Crippen molar-refractivity contribution in [3.8, 4) is 0 Å². The van der Waals surface area contributed by atoms with E-state index >= 15 is 0 Å². The Morgan fingerprint density at radius 1 is 0.974 bits per heavy atom. The van der Waals surface area contributed by atoms with Crippen LogP contribution in [0.2, 0.25) is 0 Å². The van der Waals surface area contributed by atoms with Gasteiger partial charge in [-0.25, -0.2) is 4.79 Å². The third-order valence-electron chi connectivity index (χ3n) is 5.90. The summed E-state index contributed by atoms with van der Waals surface area (Å²) in [5, 5.41) is 18.0. The van der Waals surface area contributed by atoms with Crippen molar-refractivity contribution in [2.75, 3.05) is 5.75 Å². The van der Waals surface area contributed by atoms with Crippen molar-refractivity contribution in [1.29, 1.82) is 0 Å². The summed E-state index contributed by atoms with van der Waals surface area (Å²) < 4.78 is 0. The maximum absolute atomic E-state index is 13.4. The molecule has 4 unspecified atom stereocenters. The molecule has 0 radical (unpaired) electrons. The normalized spacial score (nSPS) is 14.3. The SMILES string of the molecule is CC(C)CC(NC(=O)C(Cc1c[nH]c2ccccc12)NC(=O)C(N)CS)C(=O)NC(CCC(N)=O)C(=O)O. The van der Waals surface area contributed by atoms with Gasteiger partial charge in [-0.2, -0.15) is 12.6 Å². The van der Waals surface area contributed by atoms with Gasteiger partial charge in [-0.3, -0.25) is 19.2 Å². The highest BCUT2D eigenvalue weighted by Crippen LogP contribution is 2.19. The van der Waals surface area contributed by atoms with Crippen LogP contribution in [0, 0.1) is 5.92 Å². The second-order valence-corrected chi connectivity index (χ2v) is 9.87. The minimum absolute atomic E-state index is 0.0424. The highest BCUT2D eigenvalue weighted by Gasteiger charge is 2.31. The average molecular weight is 549 g/mol. The van der Waals surface area contributed by atoms with E-state index in [4.69, 9.17) is 11.5 Å². The van der Waals surface area contributed by atoms with Gasteiger partial charge in [0, 0.05) is 35.7 Å². The number of hydrogen-bond donors (Lipinski definition) is 8. The van der Waals surface area contributed by atoms with Gasteiger partial charge in [0.05, 0.1) is 6.04 Å². The maximum atomic E-state index is 13.4. The number of nitrogens with two attached hydrogens (primary N) is 2. The molecule has 0 spiro atoms. The molecule has 12 nitrogen and oxygen atoms in total. The van der Waals surface area contributed by atoms with Gasteiger partial charge in [-0.15, -0.1) is 0 Å². The first-order valence-corrected chi connectivity index (χ1v) is 12.9. The van der Waals surface area contributed by atoms with Gasteiger partial charge in [0.15, 0.2) is 0 Å². The van der Waals surface area contributed by atoms with Crippen LogP contribution in [-0.2, 0) is 30.4 Å². The van der Waals surface area contributed by atoms with E-state index in [2.05, 4.69) is 33.6 Å². The molecule has 0 aliphatic heterocycles. The third kappa shape index (κ3) is 9.06. The number of para-hydroxylation sites is 1. The summed E-state index contributed by atoms with van der Waals surface area (Å²) in [6, 6.07) is 2.98. The molecule has 0 aliphatic carbocycles. The quantitative estimate of drug-likeness (QED) is 0.141. The summed E-state index contributed by atoms with van der Waals surface area (Å²) in [7, 11) is 0. The molecule has 0 fully saturated rings. The van der Waals surface area contributed by atoms with Crippen LogP contribution in [0.25, 0.3) is 10.9 Å². The fourth-order valence-corrected chi connectivity index (χ4v) is 4.05. The first kappa shape index (κ1) is 30.6. The highest BCUT2D eigenvalue weighted by atomic mass is 32.1. The fraction of sp³-hybridized carbons (Fsp3) is 0.480. The lowest BCUT2D eigenvalue weighted by Gasteiger charge is -2.26. The number of amides is 4. The van der Waals surface area contributed by atoms with Gasteiger partial charge in [-0.05, 0) is 30.4 Å². The number of rotatable bonds is 15. The minimum Gasteiger partial charge on any atom is -0.480 e. The molecule has 2 aromatic rings. The molecular formula is C25H36N6O6S. The number of aliphatic carboxylic acids is 1. The molecule has 2 rings (SSSR count). The molecule has 9 N–H and O–H groups in total. The topological polar surface area (TPSA) is 210 Å². The lowest BCUT2D eigenvalue weighted by atomic mass is 10.00. The van der Waals surface area contributed by atoms with Gasteiger partial charge >= 0.3 is 5.97 Å². The number of carbonyl (C=O) groups is 5. The summed E-state index contributed by atoms with van der Waals surface area (Å²) in [5.74, 6) is -3.96. The number of carboxylic acid groups (broad SMARTS) is 1. The molecule has 1 aromatic heterocycles. The van der Waals surface area contributed by atoms with Gasteiger partial charge < -0.3 is 37.5 Å². The smallest absolute Gasteiger partial charge is 0.326 e. The van der Waals surface area contributed by atoms with Gasteiger partial charge in [0.1, 0.15) is 18.1 Å². The van der Waals surface area contributed by atoms with Crippen LogP contribution in [0.1, 0.15) is 38.7 Å². The summed E-state index contributed by atoms with van der Waals surface area (Å²) in [6.45, 7) is 3.68. The van der Waals surface area contributed by atoms with Crippen LogP contribution in [0.3, 0.4) is 0 Å². The Morgan fingerprint density at radius 3 is 2.18 bits per heavy atom. The van der Waals surface area contributed by atoms with Crippen LogP contribution in [-0.4, -0.2) is 69.6 Å². The lowest BCUT2D eigenvalue weighted by Crippen LogP contribution is -2.58.